The minimum Gasteiger partial charge on any atom is -0.481 e. The predicted molar refractivity (Wildman–Crippen MR) is 80.5 cm³/mol. The van der Waals surface area contributed by atoms with Crippen molar-refractivity contribution in [2.75, 3.05) is 0 Å². The van der Waals surface area contributed by atoms with Crippen LogP contribution >= 0.6 is 11.3 Å². The van der Waals surface area contributed by atoms with Crippen LogP contribution in [0.15, 0.2) is 29.8 Å². The lowest BCUT2D eigenvalue weighted by Crippen LogP contribution is -2.30. The van der Waals surface area contributed by atoms with Crippen LogP contribution < -0.4 is 5.32 Å². The number of nitrogens with zero attached hydrogens (tertiary/aromatic N) is 1. The Labute approximate surface area is 126 Å². The molecular formula is C15H16N2O3S. The van der Waals surface area contributed by atoms with Crippen molar-refractivity contribution in [1.82, 2.24) is 10.3 Å². The van der Waals surface area contributed by atoms with Gasteiger partial charge in [0.05, 0.1) is 23.7 Å². The van der Waals surface area contributed by atoms with Gasteiger partial charge in [-0.05, 0) is 25.0 Å². The van der Waals surface area contributed by atoms with E-state index in [0.29, 0.717) is 10.6 Å². The fourth-order valence-corrected chi connectivity index (χ4v) is 2.84. The SMILES string of the molecule is Cc1ccccc1C(CC(=O)O)NC(=O)c1scnc1C. The van der Waals surface area contributed by atoms with Gasteiger partial charge in [-0.3, -0.25) is 9.59 Å². The van der Waals surface area contributed by atoms with Gasteiger partial charge >= 0.3 is 5.97 Å². The van der Waals surface area contributed by atoms with Crippen molar-refractivity contribution in [2.24, 2.45) is 0 Å². The fourth-order valence-electron chi connectivity index (χ4n) is 2.13. The number of aryl methyl sites for hydroxylation is 2. The number of aromatic nitrogens is 1. The molecular weight excluding hydrogens is 288 g/mol. The van der Waals surface area contributed by atoms with Crippen LogP contribution in [0.4, 0.5) is 0 Å². The Morgan fingerprint density at radius 3 is 2.62 bits per heavy atom. The third kappa shape index (κ3) is 3.66. The van der Waals surface area contributed by atoms with Gasteiger partial charge in [-0.15, -0.1) is 11.3 Å². The zero-order valence-electron chi connectivity index (χ0n) is 11.8. The molecule has 2 aromatic rings. The first-order chi connectivity index (χ1) is 9.99. The van der Waals surface area contributed by atoms with Gasteiger partial charge in [0.15, 0.2) is 0 Å². The molecule has 1 aromatic carbocycles. The predicted octanol–water partition coefficient (Wildman–Crippen LogP) is 2.71. The average molecular weight is 304 g/mol. The molecule has 1 heterocycles. The molecule has 0 saturated heterocycles. The van der Waals surface area contributed by atoms with Crippen molar-refractivity contribution in [1.29, 1.82) is 0 Å². The van der Waals surface area contributed by atoms with Crippen molar-refractivity contribution in [3.63, 3.8) is 0 Å². The molecule has 1 aromatic heterocycles. The number of hydrogen-bond acceptors (Lipinski definition) is 4. The fraction of sp³-hybridized carbons (Fsp3) is 0.267. The van der Waals surface area contributed by atoms with Gasteiger partial charge in [0.25, 0.3) is 5.91 Å². The van der Waals surface area contributed by atoms with E-state index in [2.05, 4.69) is 10.3 Å². The molecule has 0 spiro atoms. The van der Waals surface area contributed by atoms with E-state index >= 15 is 0 Å². The number of thiazole rings is 1. The van der Waals surface area contributed by atoms with Crippen molar-refractivity contribution >= 4 is 23.2 Å². The molecule has 0 fully saturated rings. The maximum Gasteiger partial charge on any atom is 0.305 e. The van der Waals surface area contributed by atoms with E-state index < -0.39 is 12.0 Å². The second-order valence-corrected chi connectivity index (χ2v) is 5.60. The molecule has 0 aliphatic rings. The summed E-state index contributed by atoms with van der Waals surface area (Å²) in [7, 11) is 0. The summed E-state index contributed by atoms with van der Waals surface area (Å²) in [6.45, 7) is 3.65. The van der Waals surface area contributed by atoms with Gasteiger partial charge in [-0.25, -0.2) is 4.98 Å². The minimum absolute atomic E-state index is 0.158. The number of carboxylic acids is 1. The molecule has 1 unspecified atom stereocenters. The summed E-state index contributed by atoms with van der Waals surface area (Å²) in [6.07, 6.45) is -0.158. The quantitative estimate of drug-likeness (QED) is 0.890. The molecule has 5 nitrogen and oxygen atoms in total. The zero-order chi connectivity index (χ0) is 15.4. The van der Waals surface area contributed by atoms with Crippen LogP contribution in [0, 0.1) is 13.8 Å². The number of hydrogen-bond donors (Lipinski definition) is 2. The molecule has 1 atom stereocenters. The molecule has 1 amide bonds. The first-order valence-electron chi connectivity index (χ1n) is 6.47. The highest BCUT2D eigenvalue weighted by molar-refractivity contribution is 7.11. The molecule has 21 heavy (non-hydrogen) atoms. The van der Waals surface area contributed by atoms with Gasteiger partial charge < -0.3 is 10.4 Å². The van der Waals surface area contributed by atoms with Gasteiger partial charge in [0, 0.05) is 0 Å². The molecule has 0 saturated carbocycles. The topological polar surface area (TPSA) is 79.3 Å². The lowest BCUT2D eigenvalue weighted by atomic mass is 9.98. The molecule has 0 bridgehead atoms. The van der Waals surface area contributed by atoms with E-state index in [-0.39, 0.29) is 12.3 Å². The molecule has 6 heteroatoms. The van der Waals surface area contributed by atoms with Gasteiger partial charge in [-0.1, -0.05) is 24.3 Å². The summed E-state index contributed by atoms with van der Waals surface area (Å²) in [6, 6.07) is 6.89. The number of aliphatic carboxylic acids is 1. The smallest absolute Gasteiger partial charge is 0.305 e. The minimum atomic E-state index is -0.954. The Kier molecular flexibility index (Phi) is 4.70. The molecule has 0 aliphatic carbocycles. The van der Waals surface area contributed by atoms with Gasteiger partial charge in [0.2, 0.25) is 0 Å². The number of carbonyl (C=O) groups is 2. The lowest BCUT2D eigenvalue weighted by molar-refractivity contribution is -0.137. The number of benzene rings is 1. The molecule has 0 aliphatic heterocycles. The van der Waals surface area contributed by atoms with Crippen LogP contribution in [0.25, 0.3) is 0 Å². The average Bonchev–Trinajstić information content (AvgIpc) is 2.84. The summed E-state index contributed by atoms with van der Waals surface area (Å²) in [5, 5.41) is 11.9. The standard InChI is InChI=1S/C15H16N2O3S/c1-9-5-3-4-6-11(9)12(7-13(18)19)17-15(20)14-10(2)16-8-21-14/h3-6,8,12H,7H2,1-2H3,(H,17,20)(H,18,19). The highest BCUT2D eigenvalue weighted by Crippen LogP contribution is 2.22. The highest BCUT2D eigenvalue weighted by Gasteiger charge is 2.21. The van der Waals surface area contributed by atoms with Crippen LogP contribution in [-0.2, 0) is 4.79 Å². The van der Waals surface area contributed by atoms with Crippen molar-refractivity contribution in [3.05, 3.63) is 51.5 Å². The third-order valence-corrected chi connectivity index (χ3v) is 4.13. The Hall–Kier alpha value is -2.21. The monoisotopic (exact) mass is 304 g/mol. The summed E-state index contributed by atoms with van der Waals surface area (Å²) < 4.78 is 0. The van der Waals surface area contributed by atoms with E-state index in [1.54, 1.807) is 12.4 Å². The van der Waals surface area contributed by atoms with Crippen LogP contribution in [0.2, 0.25) is 0 Å². The highest BCUT2D eigenvalue weighted by atomic mass is 32.1. The number of carbonyl (C=O) groups excluding carboxylic acids is 1. The molecule has 2 N–H and O–H groups in total. The first kappa shape index (κ1) is 15.2. The van der Waals surface area contributed by atoms with Crippen LogP contribution in [0.1, 0.15) is 39.0 Å². The second kappa shape index (κ2) is 6.49. The van der Waals surface area contributed by atoms with E-state index in [1.807, 2.05) is 31.2 Å². The van der Waals surface area contributed by atoms with E-state index in [9.17, 15) is 9.59 Å². The summed E-state index contributed by atoms with van der Waals surface area (Å²) in [4.78, 5) is 27.9. The summed E-state index contributed by atoms with van der Waals surface area (Å²) in [5.41, 5.74) is 4.02. The van der Waals surface area contributed by atoms with E-state index in [4.69, 9.17) is 5.11 Å². The Balaban J connectivity index is 2.25. The van der Waals surface area contributed by atoms with Gasteiger partial charge in [-0.2, -0.15) is 0 Å². The number of nitrogens with one attached hydrogen (secondary N) is 1. The maximum atomic E-state index is 12.3. The normalized spacial score (nSPS) is 11.9. The van der Waals surface area contributed by atoms with E-state index in [0.717, 1.165) is 11.1 Å². The maximum absolute atomic E-state index is 12.3. The lowest BCUT2D eigenvalue weighted by Gasteiger charge is -2.19. The molecule has 2 rings (SSSR count). The Bertz CT molecular complexity index is 666. The van der Waals surface area contributed by atoms with Crippen molar-refractivity contribution < 1.29 is 14.7 Å². The second-order valence-electron chi connectivity index (χ2n) is 4.75. The molecule has 0 radical (unpaired) electrons. The van der Waals surface area contributed by atoms with Crippen molar-refractivity contribution in [2.45, 2.75) is 26.3 Å². The first-order valence-corrected chi connectivity index (χ1v) is 7.35. The van der Waals surface area contributed by atoms with Crippen molar-refractivity contribution in [3.8, 4) is 0 Å². The van der Waals surface area contributed by atoms with Gasteiger partial charge in [0.1, 0.15) is 4.88 Å². The summed E-state index contributed by atoms with van der Waals surface area (Å²) in [5.74, 6) is -1.24. The Morgan fingerprint density at radius 2 is 2.05 bits per heavy atom. The van der Waals surface area contributed by atoms with Crippen LogP contribution in [0.5, 0.6) is 0 Å². The third-order valence-electron chi connectivity index (χ3n) is 3.20. The Morgan fingerprint density at radius 1 is 1.33 bits per heavy atom. The number of amides is 1. The summed E-state index contributed by atoms with van der Waals surface area (Å²) >= 11 is 1.25. The van der Waals surface area contributed by atoms with Crippen LogP contribution in [-0.4, -0.2) is 22.0 Å². The largest absolute Gasteiger partial charge is 0.481 e. The van der Waals surface area contributed by atoms with Crippen LogP contribution in [0.3, 0.4) is 0 Å². The zero-order valence-corrected chi connectivity index (χ0v) is 12.6. The molecule has 110 valence electrons. The van der Waals surface area contributed by atoms with E-state index in [1.165, 1.54) is 11.3 Å². The number of carboxylic acid groups (broad SMARTS) is 1. The number of rotatable bonds is 5.